The normalized spacial score (nSPS) is 9.92. The van der Waals surface area contributed by atoms with Gasteiger partial charge in [-0.2, -0.15) is 0 Å². The molecular formula is C30H34O20. The van der Waals surface area contributed by atoms with Crippen molar-refractivity contribution in [1.29, 1.82) is 0 Å². The van der Waals surface area contributed by atoms with Crippen LogP contribution in [0.5, 0.6) is 23.0 Å². The number of para-hydroxylation sites is 2. The molecule has 0 unspecified atom stereocenters. The van der Waals surface area contributed by atoms with E-state index >= 15 is 0 Å². The monoisotopic (exact) mass is 714 g/mol. The second-order valence-corrected chi connectivity index (χ2v) is 8.37. The molecule has 0 aliphatic rings. The Hall–Kier alpha value is -6.34. The van der Waals surface area contributed by atoms with Gasteiger partial charge >= 0.3 is 36.6 Å². The summed E-state index contributed by atoms with van der Waals surface area (Å²) in [4.78, 5) is 81.9. The second kappa shape index (κ2) is 22.3. The van der Waals surface area contributed by atoms with Crippen LogP contribution in [0.2, 0.25) is 0 Å². The first-order valence-corrected chi connectivity index (χ1v) is 14.5. The number of carbonyl (C=O) groups excluding carboxylic acids is 6. The van der Waals surface area contributed by atoms with Crippen LogP contribution in [0.3, 0.4) is 0 Å². The van der Waals surface area contributed by atoms with Gasteiger partial charge < -0.3 is 56.8 Å². The van der Waals surface area contributed by atoms with Gasteiger partial charge in [0.25, 0.3) is 0 Å². The summed E-state index contributed by atoms with van der Waals surface area (Å²) in [5, 5.41) is 0. The van der Waals surface area contributed by atoms with Crippen LogP contribution < -0.4 is 18.9 Å². The SMILES string of the molecule is CCOC(=O)OCOc1cccc(C(=O)OOC(=O)c2cccc(OCOC(=O)OCC)c2OCOC(=O)OCC)c1OCOC(=O)OCC. The molecule has 0 heterocycles. The van der Waals surface area contributed by atoms with Gasteiger partial charge in [0.1, 0.15) is 11.1 Å². The van der Waals surface area contributed by atoms with Gasteiger partial charge in [0.15, 0.2) is 23.0 Å². The number of hydrogen-bond donors (Lipinski definition) is 0. The van der Waals surface area contributed by atoms with Gasteiger partial charge in [0.2, 0.25) is 27.2 Å². The molecule has 0 saturated carbocycles. The van der Waals surface area contributed by atoms with Gasteiger partial charge in [-0.15, -0.1) is 0 Å². The van der Waals surface area contributed by atoms with E-state index in [0.29, 0.717) is 0 Å². The number of benzene rings is 2. The van der Waals surface area contributed by atoms with Crippen molar-refractivity contribution in [2.75, 3.05) is 53.6 Å². The Balaban J connectivity index is 2.26. The van der Waals surface area contributed by atoms with Crippen molar-refractivity contribution in [2.24, 2.45) is 0 Å². The van der Waals surface area contributed by atoms with Crippen LogP contribution in [0.4, 0.5) is 19.2 Å². The molecule has 20 nitrogen and oxygen atoms in total. The van der Waals surface area contributed by atoms with Crippen molar-refractivity contribution >= 4 is 36.6 Å². The summed E-state index contributed by atoms with van der Waals surface area (Å²) in [5.41, 5.74) is -0.821. The molecule has 0 spiro atoms. The topological polar surface area (TPSA) is 232 Å². The van der Waals surface area contributed by atoms with Crippen molar-refractivity contribution in [3.63, 3.8) is 0 Å². The Morgan fingerprint density at radius 3 is 1.02 bits per heavy atom. The Kier molecular flexibility index (Phi) is 17.7. The molecule has 2 aromatic rings. The molecule has 0 saturated heterocycles. The maximum Gasteiger partial charge on any atom is 0.511 e. The van der Waals surface area contributed by atoms with Crippen LogP contribution in [-0.2, 0) is 47.7 Å². The number of carbonyl (C=O) groups is 6. The number of rotatable bonds is 18. The summed E-state index contributed by atoms with van der Waals surface area (Å²) < 4.78 is 59.1. The highest BCUT2D eigenvalue weighted by Gasteiger charge is 2.26. The number of ether oxygens (including phenoxy) is 12. The molecule has 0 aliphatic heterocycles. The van der Waals surface area contributed by atoms with Gasteiger partial charge in [-0.25, -0.2) is 38.5 Å². The van der Waals surface area contributed by atoms with Crippen molar-refractivity contribution in [1.82, 2.24) is 0 Å². The largest absolute Gasteiger partial charge is 0.511 e. The molecule has 274 valence electrons. The highest BCUT2D eigenvalue weighted by Crippen LogP contribution is 2.34. The highest BCUT2D eigenvalue weighted by atomic mass is 17.2. The van der Waals surface area contributed by atoms with E-state index in [1.54, 1.807) is 27.7 Å². The fraction of sp³-hybridized carbons (Fsp3) is 0.400. The van der Waals surface area contributed by atoms with E-state index in [1.807, 2.05) is 0 Å². The molecule has 0 bridgehead atoms. The minimum absolute atomic E-state index is 0.00819. The van der Waals surface area contributed by atoms with Crippen molar-refractivity contribution in [3.8, 4) is 23.0 Å². The third-order valence-corrected chi connectivity index (χ3v) is 5.18. The predicted molar refractivity (Wildman–Crippen MR) is 158 cm³/mol. The maximum atomic E-state index is 13.1. The molecule has 50 heavy (non-hydrogen) atoms. The van der Waals surface area contributed by atoms with E-state index in [2.05, 4.69) is 18.9 Å². The standard InChI is InChI=1S/C30H34O20/c1-5-37-27(33)45-15-41-21-13-9-11-19(23(21)43-17-47-29(35)39-7-3)25(31)49-50-26(32)20-12-10-14-22(42-16-46-28(34)38-6-2)24(20)44-18-48-30(36)40-8-4/h9-14H,5-8,15-18H2,1-4H3. The molecule has 20 heteroatoms. The van der Waals surface area contributed by atoms with Crippen LogP contribution in [0.25, 0.3) is 0 Å². The van der Waals surface area contributed by atoms with E-state index in [-0.39, 0.29) is 49.4 Å². The average molecular weight is 715 g/mol. The van der Waals surface area contributed by atoms with Crippen LogP contribution in [0.1, 0.15) is 48.4 Å². The van der Waals surface area contributed by atoms with Crippen molar-refractivity contribution < 1.29 is 95.4 Å². The van der Waals surface area contributed by atoms with E-state index in [1.165, 1.54) is 36.4 Å². The molecule has 0 fully saturated rings. The predicted octanol–water partition coefficient (Wildman–Crippen LogP) is 4.65. The van der Waals surface area contributed by atoms with Crippen LogP contribution >= 0.6 is 0 Å². The number of hydrogen-bond acceptors (Lipinski definition) is 20. The molecule has 0 radical (unpaired) electrons. The van der Waals surface area contributed by atoms with Gasteiger partial charge in [-0.1, -0.05) is 12.1 Å². The first-order valence-electron chi connectivity index (χ1n) is 14.5. The van der Waals surface area contributed by atoms with Crippen LogP contribution in [-0.4, -0.2) is 90.2 Å². The first-order chi connectivity index (χ1) is 24.1. The van der Waals surface area contributed by atoms with Gasteiger partial charge in [-0.05, 0) is 52.0 Å². The van der Waals surface area contributed by atoms with E-state index in [4.69, 9.17) is 47.7 Å². The molecule has 0 aromatic heterocycles. The molecule has 0 amide bonds. The Morgan fingerprint density at radius 1 is 0.420 bits per heavy atom. The third-order valence-electron chi connectivity index (χ3n) is 5.18. The van der Waals surface area contributed by atoms with Crippen LogP contribution in [0, 0.1) is 0 Å². The van der Waals surface area contributed by atoms with Gasteiger partial charge in [-0.3, -0.25) is 0 Å². The average Bonchev–Trinajstić information content (AvgIpc) is 3.08. The Labute approximate surface area is 284 Å². The fourth-order valence-corrected chi connectivity index (χ4v) is 3.24. The van der Waals surface area contributed by atoms with Crippen LogP contribution in [0.15, 0.2) is 36.4 Å². The minimum atomic E-state index is -1.32. The molecule has 0 N–H and O–H groups in total. The maximum absolute atomic E-state index is 13.1. The highest BCUT2D eigenvalue weighted by molar-refractivity contribution is 5.96. The smallest absolute Gasteiger partial charge is 0.453 e. The second-order valence-electron chi connectivity index (χ2n) is 8.37. The zero-order valence-corrected chi connectivity index (χ0v) is 27.3. The van der Waals surface area contributed by atoms with Crippen molar-refractivity contribution in [2.45, 2.75) is 27.7 Å². The van der Waals surface area contributed by atoms with Crippen molar-refractivity contribution in [3.05, 3.63) is 47.5 Å². The summed E-state index contributed by atoms with van der Waals surface area (Å²) >= 11 is 0. The first kappa shape index (κ1) is 39.8. The molecule has 2 rings (SSSR count). The summed E-state index contributed by atoms with van der Waals surface area (Å²) in [6, 6.07) is 7.58. The zero-order chi connectivity index (χ0) is 36.7. The third kappa shape index (κ3) is 13.8. The van der Waals surface area contributed by atoms with E-state index in [0.717, 1.165) is 0 Å². The summed E-state index contributed by atoms with van der Waals surface area (Å²) in [6.07, 6.45) is -4.25. The minimum Gasteiger partial charge on any atom is -0.453 e. The summed E-state index contributed by atoms with van der Waals surface area (Å²) in [5.74, 6) is -3.80. The lowest BCUT2D eigenvalue weighted by atomic mass is 10.2. The molecular weight excluding hydrogens is 680 g/mol. The Bertz CT molecular complexity index is 1330. The lowest BCUT2D eigenvalue weighted by Gasteiger charge is -2.16. The van der Waals surface area contributed by atoms with E-state index < -0.39 is 74.9 Å². The summed E-state index contributed by atoms with van der Waals surface area (Å²) in [6.45, 7) is 3.36. The molecule has 0 aliphatic carbocycles. The summed E-state index contributed by atoms with van der Waals surface area (Å²) in [7, 11) is 0. The zero-order valence-electron chi connectivity index (χ0n) is 27.3. The molecule has 2 aromatic carbocycles. The lowest BCUT2D eigenvalue weighted by Crippen LogP contribution is -2.18. The lowest BCUT2D eigenvalue weighted by molar-refractivity contribution is -0.187. The van der Waals surface area contributed by atoms with Gasteiger partial charge in [0, 0.05) is 0 Å². The quantitative estimate of drug-likeness (QED) is 0.0672. The fourth-order valence-electron chi connectivity index (χ4n) is 3.24. The Morgan fingerprint density at radius 2 is 0.720 bits per heavy atom. The molecule has 0 atom stereocenters. The van der Waals surface area contributed by atoms with Gasteiger partial charge in [0.05, 0.1) is 26.4 Å². The van der Waals surface area contributed by atoms with E-state index in [9.17, 15) is 28.8 Å².